The molecule has 7 heteroatoms. The minimum absolute atomic E-state index is 0.0730. The molecule has 1 fully saturated rings. The quantitative estimate of drug-likeness (QED) is 0.870. The lowest BCUT2D eigenvalue weighted by Gasteiger charge is -2.34. The average Bonchev–Trinajstić information content (AvgIpc) is 3.08. The molecule has 2 aromatic rings. The molecule has 1 saturated heterocycles. The third-order valence-corrected chi connectivity index (χ3v) is 4.73. The van der Waals surface area contributed by atoms with Crippen molar-refractivity contribution in [2.24, 2.45) is 0 Å². The van der Waals surface area contributed by atoms with E-state index in [-0.39, 0.29) is 5.91 Å². The lowest BCUT2D eigenvalue weighted by molar-refractivity contribution is 0.0630. The van der Waals surface area contributed by atoms with Gasteiger partial charge in [0, 0.05) is 38.8 Å². The second-order valence-electron chi connectivity index (χ2n) is 5.10. The van der Waals surface area contributed by atoms with E-state index in [2.05, 4.69) is 10.1 Å². The van der Waals surface area contributed by atoms with Gasteiger partial charge in [0.15, 0.2) is 0 Å². The van der Waals surface area contributed by atoms with E-state index in [1.165, 1.54) is 11.3 Å². The summed E-state index contributed by atoms with van der Waals surface area (Å²) in [5, 5.41) is 4.00. The van der Waals surface area contributed by atoms with E-state index in [4.69, 9.17) is 16.1 Å². The highest BCUT2D eigenvalue weighted by Gasteiger charge is 2.23. The van der Waals surface area contributed by atoms with Crippen LogP contribution in [0, 0.1) is 6.92 Å². The van der Waals surface area contributed by atoms with Gasteiger partial charge in [-0.3, -0.25) is 9.69 Å². The van der Waals surface area contributed by atoms with Crippen LogP contribution >= 0.6 is 22.9 Å². The third-order valence-electron chi connectivity index (χ3n) is 3.51. The zero-order chi connectivity index (χ0) is 14.8. The SMILES string of the molecule is Cc1cc(CN2CCN(C(=O)c3ccc(Cl)s3)CC2)no1. The fourth-order valence-electron chi connectivity index (χ4n) is 2.42. The highest BCUT2D eigenvalue weighted by Crippen LogP contribution is 2.23. The molecule has 5 nitrogen and oxygen atoms in total. The number of hydrogen-bond donors (Lipinski definition) is 0. The van der Waals surface area contributed by atoms with Crippen molar-refractivity contribution >= 4 is 28.8 Å². The molecule has 0 unspecified atom stereocenters. The first kappa shape index (κ1) is 14.6. The number of halogens is 1. The Kier molecular flexibility index (Phi) is 4.28. The van der Waals surface area contributed by atoms with Crippen LogP contribution < -0.4 is 0 Å². The highest BCUT2D eigenvalue weighted by atomic mass is 35.5. The first-order valence-corrected chi connectivity index (χ1v) is 8.00. The molecule has 1 amide bonds. The minimum Gasteiger partial charge on any atom is -0.361 e. The molecule has 0 aliphatic carbocycles. The molecular formula is C14H16ClN3O2S. The van der Waals surface area contributed by atoms with Crippen LogP contribution in [0.3, 0.4) is 0 Å². The largest absolute Gasteiger partial charge is 0.361 e. The number of hydrogen-bond acceptors (Lipinski definition) is 5. The average molecular weight is 326 g/mol. The Bertz CT molecular complexity index is 632. The lowest BCUT2D eigenvalue weighted by Crippen LogP contribution is -2.48. The zero-order valence-electron chi connectivity index (χ0n) is 11.7. The van der Waals surface area contributed by atoms with Gasteiger partial charge in [-0.15, -0.1) is 11.3 Å². The Morgan fingerprint density at radius 2 is 2.14 bits per heavy atom. The van der Waals surface area contributed by atoms with Crippen molar-refractivity contribution in [3.05, 3.63) is 38.9 Å². The number of carbonyl (C=O) groups is 1. The van der Waals surface area contributed by atoms with Crippen molar-refractivity contribution in [2.75, 3.05) is 26.2 Å². The van der Waals surface area contributed by atoms with Gasteiger partial charge in [-0.05, 0) is 19.1 Å². The molecule has 0 bridgehead atoms. The summed E-state index contributed by atoms with van der Waals surface area (Å²) in [5.74, 6) is 0.900. The normalized spacial score (nSPS) is 16.4. The summed E-state index contributed by atoms with van der Waals surface area (Å²) >= 11 is 7.22. The molecule has 0 atom stereocenters. The van der Waals surface area contributed by atoms with Gasteiger partial charge < -0.3 is 9.42 Å². The minimum atomic E-state index is 0.0730. The number of rotatable bonds is 3. The first-order valence-electron chi connectivity index (χ1n) is 6.81. The van der Waals surface area contributed by atoms with Gasteiger partial charge in [0.05, 0.1) is 14.9 Å². The van der Waals surface area contributed by atoms with E-state index in [0.717, 1.165) is 44.2 Å². The molecule has 112 valence electrons. The van der Waals surface area contributed by atoms with Crippen LogP contribution in [0.1, 0.15) is 21.1 Å². The van der Waals surface area contributed by atoms with Crippen LogP contribution in [-0.2, 0) is 6.54 Å². The lowest BCUT2D eigenvalue weighted by atomic mass is 10.2. The second kappa shape index (κ2) is 6.17. The second-order valence-corrected chi connectivity index (χ2v) is 6.82. The summed E-state index contributed by atoms with van der Waals surface area (Å²) < 4.78 is 5.72. The number of amides is 1. The standard InChI is InChI=1S/C14H16ClN3O2S/c1-10-8-11(16-20-10)9-17-4-6-18(7-5-17)14(19)12-2-3-13(15)21-12/h2-3,8H,4-7,9H2,1H3. The van der Waals surface area contributed by atoms with Crippen molar-refractivity contribution in [1.82, 2.24) is 15.0 Å². The summed E-state index contributed by atoms with van der Waals surface area (Å²) in [6.45, 7) is 5.80. The van der Waals surface area contributed by atoms with E-state index >= 15 is 0 Å². The van der Waals surface area contributed by atoms with Crippen LogP contribution in [0.4, 0.5) is 0 Å². The maximum Gasteiger partial charge on any atom is 0.264 e. The van der Waals surface area contributed by atoms with Gasteiger partial charge in [0.2, 0.25) is 0 Å². The van der Waals surface area contributed by atoms with E-state index < -0.39 is 0 Å². The molecule has 0 spiro atoms. The molecule has 0 saturated carbocycles. The Hall–Kier alpha value is -1.37. The number of nitrogens with zero attached hydrogens (tertiary/aromatic N) is 3. The predicted octanol–water partition coefficient (Wildman–Crippen LogP) is 2.66. The first-order chi connectivity index (χ1) is 10.1. The predicted molar refractivity (Wildman–Crippen MR) is 81.7 cm³/mol. The fraction of sp³-hybridized carbons (Fsp3) is 0.429. The topological polar surface area (TPSA) is 49.6 Å². The Morgan fingerprint density at radius 1 is 1.38 bits per heavy atom. The molecule has 1 aliphatic heterocycles. The number of aromatic nitrogens is 1. The number of aryl methyl sites for hydroxylation is 1. The summed E-state index contributed by atoms with van der Waals surface area (Å²) in [4.78, 5) is 17.2. The molecule has 0 aromatic carbocycles. The number of piperazine rings is 1. The number of thiophene rings is 1. The zero-order valence-corrected chi connectivity index (χ0v) is 13.3. The summed E-state index contributed by atoms with van der Waals surface area (Å²) in [5.41, 5.74) is 0.942. The highest BCUT2D eigenvalue weighted by molar-refractivity contribution is 7.17. The Balaban J connectivity index is 1.54. The van der Waals surface area contributed by atoms with E-state index in [1.807, 2.05) is 17.9 Å². The molecule has 3 heterocycles. The summed E-state index contributed by atoms with van der Waals surface area (Å²) in [6, 6.07) is 5.51. The van der Waals surface area contributed by atoms with Crippen molar-refractivity contribution < 1.29 is 9.32 Å². The molecular weight excluding hydrogens is 310 g/mol. The van der Waals surface area contributed by atoms with Crippen molar-refractivity contribution in [2.45, 2.75) is 13.5 Å². The van der Waals surface area contributed by atoms with Crippen LogP contribution in [0.5, 0.6) is 0 Å². The van der Waals surface area contributed by atoms with Gasteiger partial charge in [0.25, 0.3) is 5.91 Å². The molecule has 0 radical (unpaired) electrons. The van der Waals surface area contributed by atoms with Crippen molar-refractivity contribution in [3.63, 3.8) is 0 Å². The van der Waals surface area contributed by atoms with Crippen LogP contribution in [0.25, 0.3) is 0 Å². The number of carbonyl (C=O) groups excluding carboxylic acids is 1. The molecule has 1 aliphatic rings. The van der Waals surface area contributed by atoms with Gasteiger partial charge in [-0.25, -0.2) is 0 Å². The van der Waals surface area contributed by atoms with Crippen molar-refractivity contribution in [3.8, 4) is 0 Å². The molecule has 0 N–H and O–H groups in total. The Labute approximate surface area is 132 Å². The van der Waals surface area contributed by atoms with Gasteiger partial charge >= 0.3 is 0 Å². The third kappa shape index (κ3) is 3.45. The summed E-state index contributed by atoms with van der Waals surface area (Å²) in [6.07, 6.45) is 0. The maximum atomic E-state index is 12.3. The molecule has 2 aromatic heterocycles. The molecule has 3 rings (SSSR count). The smallest absolute Gasteiger partial charge is 0.264 e. The fourth-order valence-corrected chi connectivity index (χ4v) is 3.43. The maximum absolute atomic E-state index is 12.3. The van der Waals surface area contributed by atoms with Crippen LogP contribution in [0.2, 0.25) is 4.34 Å². The summed E-state index contributed by atoms with van der Waals surface area (Å²) in [7, 11) is 0. The van der Waals surface area contributed by atoms with Crippen LogP contribution in [-0.4, -0.2) is 47.0 Å². The van der Waals surface area contributed by atoms with E-state index in [9.17, 15) is 4.79 Å². The van der Waals surface area contributed by atoms with Gasteiger partial charge in [-0.1, -0.05) is 16.8 Å². The van der Waals surface area contributed by atoms with Gasteiger partial charge in [-0.2, -0.15) is 0 Å². The van der Waals surface area contributed by atoms with Gasteiger partial charge in [0.1, 0.15) is 5.76 Å². The Morgan fingerprint density at radius 3 is 2.71 bits per heavy atom. The van der Waals surface area contributed by atoms with E-state index in [1.54, 1.807) is 12.1 Å². The van der Waals surface area contributed by atoms with Crippen molar-refractivity contribution in [1.29, 1.82) is 0 Å². The monoisotopic (exact) mass is 325 g/mol. The van der Waals surface area contributed by atoms with Crippen LogP contribution in [0.15, 0.2) is 22.7 Å². The molecule has 21 heavy (non-hydrogen) atoms. The van der Waals surface area contributed by atoms with E-state index in [0.29, 0.717) is 9.21 Å².